The first kappa shape index (κ1) is 21.8. The van der Waals surface area contributed by atoms with Gasteiger partial charge in [-0.1, -0.05) is 24.3 Å². The average molecular weight is 446 g/mol. The first-order chi connectivity index (χ1) is 16.0. The minimum atomic E-state index is -0.521. The predicted octanol–water partition coefficient (Wildman–Crippen LogP) is 4.96. The Morgan fingerprint density at radius 2 is 1.58 bits per heavy atom. The zero-order valence-corrected chi connectivity index (χ0v) is 18.3. The van der Waals surface area contributed by atoms with E-state index in [9.17, 15) is 9.59 Å². The Hall–Kier alpha value is -4.46. The largest absolute Gasteiger partial charge is 0.497 e. The third-order valence-electron chi connectivity index (χ3n) is 5.02. The number of methoxy groups -OCH3 is 3. The number of anilines is 2. The molecule has 8 heteroatoms. The van der Waals surface area contributed by atoms with Crippen LogP contribution >= 0.6 is 0 Å². The van der Waals surface area contributed by atoms with Crippen molar-refractivity contribution < 1.29 is 28.2 Å². The number of rotatable bonds is 7. The van der Waals surface area contributed by atoms with Crippen LogP contribution in [0.4, 0.5) is 11.4 Å². The van der Waals surface area contributed by atoms with E-state index in [2.05, 4.69) is 10.6 Å². The van der Waals surface area contributed by atoms with Gasteiger partial charge in [0.2, 0.25) is 5.76 Å². The van der Waals surface area contributed by atoms with Crippen molar-refractivity contribution in [2.75, 3.05) is 32.0 Å². The normalized spacial score (nSPS) is 10.5. The highest BCUT2D eigenvalue weighted by Gasteiger charge is 2.25. The summed E-state index contributed by atoms with van der Waals surface area (Å²) in [5.41, 5.74) is 1.48. The zero-order chi connectivity index (χ0) is 23.4. The maximum atomic E-state index is 13.2. The average Bonchev–Trinajstić information content (AvgIpc) is 3.22. The molecular formula is C25H22N2O6. The molecule has 3 aromatic carbocycles. The molecule has 2 amide bonds. The van der Waals surface area contributed by atoms with Crippen LogP contribution < -0.4 is 24.8 Å². The van der Waals surface area contributed by atoms with E-state index in [4.69, 9.17) is 18.6 Å². The van der Waals surface area contributed by atoms with E-state index in [1.165, 1.54) is 14.2 Å². The Morgan fingerprint density at radius 3 is 2.33 bits per heavy atom. The molecule has 0 saturated heterocycles. The van der Waals surface area contributed by atoms with E-state index < -0.39 is 11.8 Å². The van der Waals surface area contributed by atoms with Gasteiger partial charge in [-0.3, -0.25) is 9.59 Å². The number of hydrogen-bond donors (Lipinski definition) is 2. The van der Waals surface area contributed by atoms with E-state index in [-0.39, 0.29) is 22.8 Å². The summed E-state index contributed by atoms with van der Waals surface area (Å²) in [5, 5.41) is 6.18. The summed E-state index contributed by atoms with van der Waals surface area (Å²) in [4.78, 5) is 26.3. The van der Waals surface area contributed by atoms with Crippen LogP contribution in [0.25, 0.3) is 11.0 Å². The summed E-state index contributed by atoms with van der Waals surface area (Å²) >= 11 is 0. The van der Waals surface area contributed by atoms with E-state index in [1.807, 2.05) is 0 Å². The van der Waals surface area contributed by atoms with Gasteiger partial charge in [0.05, 0.1) is 26.9 Å². The fourth-order valence-corrected chi connectivity index (χ4v) is 3.46. The second-order valence-corrected chi connectivity index (χ2v) is 6.98. The second-order valence-electron chi connectivity index (χ2n) is 6.98. The van der Waals surface area contributed by atoms with Crippen LogP contribution in [0.5, 0.6) is 17.2 Å². The Morgan fingerprint density at radius 1 is 0.788 bits per heavy atom. The fourth-order valence-electron chi connectivity index (χ4n) is 3.46. The smallest absolute Gasteiger partial charge is 0.293 e. The molecule has 2 N–H and O–H groups in total. The molecule has 0 aliphatic rings. The number of ether oxygens (including phenoxy) is 3. The monoisotopic (exact) mass is 446 g/mol. The SMILES string of the molecule is COc1cccc(NC(=O)c2oc3ccccc3c2NC(=O)c2cccc(OC)c2OC)c1. The molecule has 0 aliphatic carbocycles. The van der Waals surface area contributed by atoms with Gasteiger partial charge in [0, 0.05) is 17.1 Å². The molecule has 33 heavy (non-hydrogen) atoms. The van der Waals surface area contributed by atoms with Crippen molar-refractivity contribution in [1.82, 2.24) is 0 Å². The molecule has 4 rings (SSSR count). The summed E-state index contributed by atoms with van der Waals surface area (Å²) < 4.78 is 21.7. The van der Waals surface area contributed by atoms with Crippen LogP contribution in [0, 0.1) is 0 Å². The van der Waals surface area contributed by atoms with Gasteiger partial charge in [0.1, 0.15) is 17.0 Å². The van der Waals surface area contributed by atoms with E-state index in [1.54, 1.807) is 73.8 Å². The highest BCUT2D eigenvalue weighted by molar-refractivity contribution is 6.17. The van der Waals surface area contributed by atoms with Gasteiger partial charge in [0.15, 0.2) is 11.5 Å². The molecule has 0 aliphatic heterocycles. The highest BCUT2D eigenvalue weighted by Crippen LogP contribution is 2.35. The third-order valence-corrected chi connectivity index (χ3v) is 5.02. The minimum absolute atomic E-state index is 0.0331. The number of hydrogen-bond acceptors (Lipinski definition) is 6. The number of amides is 2. The molecule has 0 fully saturated rings. The number of furan rings is 1. The third kappa shape index (κ3) is 4.31. The van der Waals surface area contributed by atoms with Gasteiger partial charge in [-0.2, -0.15) is 0 Å². The minimum Gasteiger partial charge on any atom is -0.497 e. The molecule has 168 valence electrons. The van der Waals surface area contributed by atoms with Crippen LogP contribution in [-0.2, 0) is 0 Å². The van der Waals surface area contributed by atoms with Crippen molar-refractivity contribution in [3.05, 3.63) is 78.1 Å². The van der Waals surface area contributed by atoms with Gasteiger partial charge < -0.3 is 29.3 Å². The van der Waals surface area contributed by atoms with E-state index in [0.29, 0.717) is 28.2 Å². The van der Waals surface area contributed by atoms with Crippen LogP contribution in [0.2, 0.25) is 0 Å². The standard InChI is InChI=1S/C25H22N2O6/c1-30-16-9-6-8-15(14-16)26-25(29)23-21(17-10-4-5-12-19(17)33-23)27-24(28)18-11-7-13-20(31-2)22(18)32-3/h4-14H,1-3H3,(H,26,29)(H,27,28). The lowest BCUT2D eigenvalue weighted by Crippen LogP contribution is -2.18. The van der Waals surface area contributed by atoms with Gasteiger partial charge >= 0.3 is 0 Å². The van der Waals surface area contributed by atoms with Crippen molar-refractivity contribution in [1.29, 1.82) is 0 Å². The van der Waals surface area contributed by atoms with Crippen molar-refractivity contribution in [3.63, 3.8) is 0 Å². The lowest BCUT2D eigenvalue weighted by atomic mass is 10.1. The Labute approximate surface area is 190 Å². The van der Waals surface area contributed by atoms with Gasteiger partial charge in [-0.15, -0.1) is 0 Å². The van der Waals surface area contributed by atoms with Crippen molar-refractivity contribution in [2.45, 2.75) is 0 Å². The summed E-state index contributed by atoms with van der Waals surface area (Å²) in [6.07, 6.45) is 0. The molecule has 4 aromatic rings. The van der Waals surface area contributed by atoms with Crippen molar-refractivity contribution in [2.24, 2.45) is 0 Å². The maximum absolute atomic E-state index is 13.2. The summed E-state index contributed by atoms with van der Waals surface area (Å²) in [6.45, 7) is 0. The topological polar surface area (TPSA) is 99.0 Å². The fraction of sp³-hybridized carbons (Fsp3) is 0.120. The van der Waals surface area contributed by atoms with Crippen LogP contribution in [0.1, 0.15) is 20.9 Å². The number of carbonyl (C=O) groups is 2. The summed E-state index contributed by atoms with van der Waals surface area (Å²) in [6, 6.07) is 19.0. The molecule has 0 bridgehead atoms. The van der Waals surface area contributed by atoms with E-state index >= 15 is 0 Å². The lowest BCUT2D eigenvalue weighted by molar-refractivity contribution is 0.0999. The molecule has 0 saturated carbocycles. The molecule has 0 atom stereocenters. The summed E-state index contributed by atoms with van der Waals surface area (Å²) in [7, 11) is 4.49. The molecule has 1 heterocycles. The van der Waals surface area contributed by atoms with Crippen molar-refractivity contribution in [3.8, 4) is 17.2 Å². The first-order valence-electron chi connectivity index (χ1n) is 10.0. The van der Waals surface area contributed by atoms with Crippen LogP contribution in [0.3, 0.4) is 0 Å². The van der Waals surface area contributed by atoms with Crippen LogP contribution in [0.15, 0.2) is 71.1 Å². The second kappa shape index (κ2) is 9.35. The number of para-hydroxylation sites is 2. The Kier molecular flexibility index (Phi) is 6.17. The first-order valence-corrected chi connectivity index (χ1v) is 10.0. The van der Waals surface area contributed by atoms with Crippen LogP contribution in [-0.4, -0.2) is 33.1 Å². The molecule has 8 nitrogen and oxygen atoms in total. The molecule has 0 radical (unpaired) electrons. The molecule has 1 aromatic heterocycles. The number of benzene rings is 3. The quantitative estimate of drug-likeness (QED) is 0.416. The van der Waals surface area contributed by atoms with Gasteiger partial charge in [0.25, 0.3) is 11.8 Å². The van der Waals surface area contributed by atoms with Gasteiger partial charge in [-0.25, -0.2) is 0 Å². The van der Waals surface area contributed by atoms with E-state index in [0.717, 1.165) is 0 Å². The number of fused-ring (bicyclic) bond motifs is 1. The van der Waals surface area contributed by atoms with Gasteiger partial charge in [-0.05, 0) is 36.4 Å². The molecule has 0 spiro atoms. The summed E-state index contributed by atoms with van der Waals surface area (Å²) in [5.74, 6) is 0.260. The Balaban J connectivity index is 1.71. The molecule has 0 unspecified atom stereocenters. The Bertz CT molecular complexity index is 1330. The predicted molar refractivity (Wildman–Crippen MR) is 125 cm³/mol. The maximum Gasteiger partial charge on any atom is 0.293 e. The number of carbonyl (C=O) groups excluding carboxylic acids is 2. The highest BCUT2D eigenvalue weighted by atomic mass is 16.5. The lowest BCUT2D eigenvalue weighted by Gasteiger charge is -2.13. The number of nitrogens with one attached hydrogen (secondary N) is 2. The zero-order valence-electron chi connectivity index (χ0n) is 18.3. The van der Waals surface area contributed by atoms with Crippen molar-refractivity contribution >= 4 is 34.2 Å². The molecular weight excluding hydrogens is 424 g/mol.